The quantitative estimate of drug-likeness (QED) is 0.600. The minimum atomic E-state index is -0.480. The standard InChI is InChI=1S/C15H19ClFNO2/c1-11(10-19)3-2-8-18-15(20)7-5-12-4-6-14(17)13(16)9-12/h4-7,9,11,19H,2-3,8,10H2,1H3,(H,18,20)/b7-5+. The van der Waals surface area contributed by atoms with E-state index >= 15 is 0 Å². The molecule has 0 aliphatic carbocycles. The molecule has 0 saturated heterocycles. The highest BCUT2D eigenvalue weighted by Crippen LogP contribution is 2.16. The molecule has 0 aliphatic heterocycles. The topological polar surface area (TPSA) is 49.3 Å². The molecule has 0 aromatic heterocycles. The van der Waals surface area contributed by atoms with Crippen molar-refractivity contribution in [2.75, 3.05) is 13.2 Å². The number of hydrogen-bond donors (Lipinski definition) is 2. The lowest BCUT2D eigenvalue weighted by Gasteiger charge is -2.07. The van der Waals surface area contributed by atoms with Gasteiger partial charge in [-0.05, 0) is 42.5 Å². The maximum atomic E-state index is 12.9. The molecule has 0 spiro atoms. The Morgan fingerprint density at radius 2 is 2.30 bits per heavy atom. The second-order valence-corrected chi connectivity index (χ2v) is 5.14. The SMILES string of the molecule is CC(CO)CCCNC(=O)/C=C/c1ccc(F)c(Cl)c1. The van der Waals surface area contributed by atoms with Crippen LogP contribution in [0.15, 0.2) is 24.3 Å². The number of carbonyl (C=O) groups excluding carboxylic acids is 1. The average Bonchev–Trinajstić information content (AvgIpc) is 2.44. The average molecular weight is 300 g/mol. The summed E-state index contributed by atoms with van der Waals surface area (Å²) < 4.78 is 12.9. The fraction of sp³-hybridized carbons (Fsp3) is 0.400. The predicted octanol–water partition coefficient (Wildman–Crippen LogP) is 3.02. The molecular formula is C15H19ClFNO2. The van der Waals surface area contributed by atoms with Gasteiger partial charge < -0.3 is 10.4 Å². The third kappa shape index (κ3) is 6.17. The molecule has 1 rings (SSSR count). The van der Waals surface area contributed by atoms with Crippen LogP contribution >= 0.6 is 11.6 Å². The number of rotatable bonds is 7. The molecule has 1 unspecified atom stereocenters. The van der Waals surface area contributed by atoms with Crippen molar-refractivity contribution in [3.63, 3.8) is 0 Å². The third-order valence-corrected chi connectivity index (χ3v) is 3.15. The lowest BCUT2D eigenvalue weighted by atomic mass is 10.1. The van der Waals surface area contributed by atoms with Gasteiger partial charge in [-0.1, -0.05) is 24.6 Å². The zero-order valence-electron chi connectivity index (χ0n) is 11.4. The van der Waals surface area contributed by atoms with Crippen LogP contribution in [0.2, 0.25) is 5.02 Å². The molecule has 20 heavy (non-hydrogen) atoms. The Bertz CT molecular complexity index is 477. The van der Waals surface area contributed by atoms with Crippen molar-refractivity contribution in [3.05, 3.63) is 40.7 Å². The molecule has 0 saturated carbocycles. The number of amides is 1. The van der Waals surface area contributed by atoms with Crippen LogP contribution in [0.1, 0.15) is 25.3 Å². The molecule has 0 aliphatic rings. The first-order valence-corrected chi connectivity index (χ1v) is 6.92. The number of aliphatic hydroxyl groups is 1. The highest BCUT2D eigenvalue weighted by atomic mass is 35.5. The minimum absolute atomic E-state index is 0.0329. The molecule has 2 N–H and O–H groups in total. The Morgan fingerprint density at radius 1 is 1.55 bits per heavy atom. The summed E-state index contributed by atoms with van der Waals surface area (Å²) in [7, 11) is 0. The summed E-state index contributed by atoms with van der Waals surface area (Å²) in [6, 6.07) is 4.27. The van der Waals surface area contributed by atoms with Gasteiger partial charge in [0.25, 0.3) is 0 Å². The smallest absolute Gasteiger partial charge is 0.243 e. The first-order valence-electron chi connectivity index (χ1n) is 6.54. The van der Waals surface area contributed by atoms with Crippen molar-refractivity contribution in [2.45, 2.75) is 19.8 Å². The zero-order valence-corrected chi connectivity index (χ0v) is 12.2. The number of carbonyl (C=O) groups is 1. The number of aliphatic hydroxyl groups excluding tert-OH is 1. The van der Waals surface area contributed by atoms with Gasteiger partial charge in [-0.3, -0.25) is 4.79 Å². The molecule has 5 heteroatoms. The van der Waals surface area contributed by atoms with Crippen molar-refractivity contribution >= 4 is 23.6 Å². The van der Waals surface area contributed by atoms with E-state index in [1.807, 2.05) is 6.92 Å². The van der Waals surface area contributed by atoms with E-state index in [1.165, 1.54) is 18.2 Å². The van der Waals surface area contributed by atoms with E-state index in [4.69, 9.17) is 16.7 Å². The number of nitrogens with one attached hydrogen (secondary N) is 1. The van der Waals surface area contributed by atoms with Gasteiger partial charge in [0.05, 0.1) is 5.02 Å². The predicted molar refractivity (Wildman–Crippen MR) is 78.9 cm³/mol. The van der Waals surface area contributed by atoms with Gasteiger partial charge in [-0.15, -0.1) is 0 Å². The van der Waals surface area contributed by atoms with E-state index < -0.39 is 5.82 Å². The fourth-order valence-electron chi connectivity index (χ4n) is 1.60. The lowest BCUT2D eigenvalue weighted by Crippen LogP contribution is -2.22. The maximum Gasteiger partial charge on any atom is 0.243 e. The van der Waals surface area contributed by atoms with Crippen LogP contribution in [-0.4, -0.2) is 24.2 Å². The zero-order chi connectivity index (χ0) is 15.0. The Hall–Kier alpha value is -1.39. The van der Waals surface area contributed by atoms with Crippen LogP contribution in [-0.2, 0) is 4.79 Å². The first-order chi connectivity index (χ1) is 9.52. The van der Waals surface area contributed by atoms with Crippen LogP contribution in [0.5, 0.6) is 0 Å². The summed E-state index contributed by atoms with van der Waals surface area (Å²) in [5.41, 5.74) is 0.667. The summed E-state index contributed by atoms with van der Waals surface area (Å²) in [5, 5.41) is 11.6. The first kappa shape index (κ1) is 16.7. The highest BCUT2D eigenvalue weighted by Gasteiger charge is 2.01. The van der Waals surface area contributed by atoms with E-state index in [9.17, 15) is 9.18 Å². The van der Waals surface area contributed by atoms with E-state index in [2.05, 4.69) is 5.32 Å². The van der Waals surface area contributed by atoms with E-state index in [0.717, 1.165) is 12.8 Å². The molecule has 0 fully saturated rings. The van der Waals surface area contributed by atoms with Crippen LogP contribution in [0.4, 0.5) is 4.39 Å². The van der Waals surface area contributed by atoms with E-state index in [-0.39, 0.29) is 23.5 Å². The van der Waals surface area contributed by atoms with Crippen molar-refractivity contribution in [1.29, 1.82) is 0 Å². The van der Waals surface area contributed by atoms with Crippen molar-refractivity contribution in [2.24, 2.45) is 5.92 Å². The lowest BCUT2D eigenvalue weighted by molar-refractivity contribution is -0.116. The molecule has 0 radical (unpaired) electrons. The van der Waals surface area contributed by atoms with Gasteiger partial charge >= 0.3 is 0 Å². The van der Waals surface area contributed by atoms with Gasteiger partial charge in [0, 0.05) is 19.2 Å². The molecule has 0 heterocycles. The third-order valence-electron chi connectivity index (χ3n) is 2.86. The highest BCUT2D eigenvalue weighted by molar-refractivity contribution is 6.30. The Kier molecular flexibility index (Phi) is 7.26. The van der Waals surface area contributed by atoms with Gasteiger partial charge in [-0.25, -0.2) is 4.39 Å². The normalized spacial score (nSPS) is 12.6. The van der Waals surface area contributed by atoms with E-state index in [1.54, 1.807) is 12.1 Å². The van der Waals surface area contributed by atoms with Crippen molar-refractivity contribution in [3.8, 4) is 0 Å². The van der Waals surface area contributed by atoms with Gasteiger partial charge in [0.15, 0.2) is 0 Å². The molecule has 1 aromatic carbocycles. The molecule has 1 aromatic rings. The fourth-order valence-corrected chi connectivity index (χ4v) is 1.79. The Labute approximate surface area is 123 Å². The van der Waals surface area contributed by atoms with Gasteiger partial charge in [-0.2, -0.15) is 0 Å². The Morgan fingerprint density at radius 3 is 2.95 bits per heavy atom. The van der Waals surface area contributed by atoms with Crippen molar-refractivity contribution < 1.29 is 14.3 Å². The van der Waals surface area contributed by atoms with Crippen LogP contribution in [0.25, 0.3) is 6.08 Å². The van der Waals surface area contributed by atoms with Crippen molar-refractivity contribution in [1.82, 2.24) is 5.32 Å². The largest absolute Gasteiger partial charge is 0.396 e. The van der Waals surface area contributed by atoms with Crippen LogP contribution in [0.3, 0.4) is 0 Å². The summed E-state index contributed by atoms with van der Waals surface area (Å²) in [5.74, 6) is -0.433. The second kappa shape index (κ2) is 8.72. The summed E-state index contributed by atoms with van der Waals surface area (Å²) in [6.45, 7) is 2.69. The summed E-state index contributed by atoms with van der Waals surface area (Å²) in [6.07, 6.45) is 4.66. The Balaban J connectivity index is 2.34. The molecule has 3 nitrogen and oxygen atoms in total. The molecule has 110 valence electrons. The number of halogens is 2. The maximum absolute atomic E-state index is 12.9. The number of hydrogen-bond acceptors (Lipinski definition) is 2. The van der Waals surface area contributed by atoms with Gasteiger partial charge in [0.1, 0.15) is 5.82 Å². The summed E-state index contributed by atoms with van der Waals surface area (Å²) >= 11 is 5.65. The second-order valence-electron chi connectivity index (χ2n) is 4.73. The van der Waals surface area contributed by atoms with Crippen LogP contribution in [0, 0.1) is 11.7 Å². The monoisotopic (exact) mass is 299 g/mol. The van der Waals surface area contributed by atoms with E-state index in [0.29, 0.717) is 12.1 Å². The number of benzene rings is 1. The molecule has 1 atom stereocenters. The van der Waals surface area contributed by atoms with Gasteiger partial charge in [0.2, 0.25) is 5.91 Å². The molecule has 0 bridgehead atoms. The molecular weight excluding hydrogens is 281 g/mol. The van der Waals surface area contributed by atoms with Crippen LogP contribution < -0.4 is 5.32 Å². The molecule has 1 amide bonds. The summed E-state index contributed by atoms with van der Waals surface area (Å²) in [4.78, 5) is 11.5. The minimum Gasteiger partial charge on any atom is -0.396 e.